The average Bonchev–Trinajstić information content (AvgIpc) is 2.48. The van der Waals surface area contributed by atoms with Gasteiger partial charge in [0.25, 0.3) is 0 Å². The molecule has 0 atom stereocenters. The second kappa shape index (κ2) is 7.64. The molecule has 2 nitrogen and oxygen atoms in total. The number of nitrogens with one attached hydrogen (secondary N) is 1. The molecule has 0 heterocycles. The smallest absolute Gasteiger partial charge is 0.0856 e. The first-order chi connectivity index (χ1) is 9.40. The zero-order valence-electron chi connectivity index (χ0n) is 11.0. The van der Waals surface area contributed by atoms with Gasteiger partial charge in [-0.05, 0) is 30.7 Å². The number of hydrogen-bond acceptors (Lipinski definition) is 3. The van der Waals surface area contributed by atoms with E-state index < -0.39 is 0 Å². The Kier molecular flexibility index (Phi) is 5.50. The van der Waals surface area contributed by atoms with Crippen molar-refractivity contribution in [2.75, 3.05) is 18.1 Å². The van der Waals surface area contributed by atoms with Crippen LogP contribution < -0.4 is 5.32 Å². The number of hydrogen-bond donors (Lipinski definition) is 1. The molecule has 0 aliphatic heterocycles. The van der Waals surface area contributed by atoms with E-state index in [9.17, 15) is 0 Å². The number of aliphatic imine (C=N–C) groups is 1. The highest BCUT2D eigenvalue weighted by Crippen LogP contribution is 2.23. The molecule has 19 heavy (non-hydrogen) atoms. The van der Waals surface area contributed by atoms with Gasteiger partial charge in [-0.15, -0.1) is 11.8 Å². The van der Waals surface area contributed by atoms with E-state index in [-0.39, 0.29) is 0 Å². The number of anilines is 1. The second-order valence-corrected chi connectivity index (χ2v) is 5.20. The third-order valence-corrected chi connectivity index (χ3v) is 3.71. The van der Waals surface area contributed by atoms with Gasteiger partial charge in [0.05, 0.1) is 11.4 Å². The summed E-state index contributed by atoms with van der Waals surface area (Å²) in [5.41, 5.74) is 2.06. The minimum Gasteiger partial charge on any atom is -0.386 e. The summed E-state index contributed by atoms with van der Waals surface area (Å²) in [7, 11) is 1.92. The molecule has 0 amide bonds. The monoisotopic (exact) mass is 270 g/mol. The van der Waals surface area contributed by atoms with E-state index in [1.54, 1.807) is 0 Å². The van der Waals surface area contributed by atoms with Crippen LogP contribution in [0, 0.1) is 0 Å². The molecular weight excluding hydrogens is 252 g/mol. The van der Waals surface area contributed by atoms with Gasteiger partial charge in [0, 0.05) is 23.9 Å². The van der Waals surface area contributed by atoms with Crippen LogP contribution >= 0.6 is 11.8 Å². The molecule has 2 aromatic rings. The van der Waals surface area contributed by atoms with Crippen LogP contribution in [0.25, 0.3) is 0 Å². The van der Waals surface area contributed by atoms with Crippen molar-refractivity contribution in [3.63, 3.8) is 0 Å². The van der Waals surface area contributed by atoms with Gasteiger partial charge in [0.15, 0.2) is 0 Å². The molecule has 2 aromatic carbocycles. The summed E-state index contributed by atoms with van der Waals surface area (Å²) >= 11 is 1.86. The fourth-order valence-corrected chi connectivity index (χ4v) is 2.52. The maximum absolute atomic E-state index is 4.51. The summed E-state index contributed by atoms with van der Waals surface area (Å²) in [6, 6.07) is 18.5. The van der Waals surface area contributed by atoms with E-state index in [1.165, 1.54) is 4.90 Å². The summed E-state index contributed by atoms with van der Waals surface area (Å²) in [4.78, 5) is 5.82. The summed E-state index contributed by atoms with van der Waals surface area (Å²) in [5.74, 6) is 1.05. The summed E-state index contributed by atoms with van der Waals surface area (Å²) in [5, 5.41) is 3.14. The maximum Gasteiger partial charge on any atom is 0.0856 e. The molecule has 0 aliphatic rings. The van der Waals surface area contributed by atoms with Gasteiger partial charge in [-0.2, -0.15) is 0 Å². The van der Waals surface area contributed by atoms with Gasteiger partial charge < -0.3 is 5.32 Å². The molecule has 0 unspecified atom stereocenters. The van der Waals surface area contributed by atoms with Crippen molar-refractivity contribution in [1.82, 2.24) is 0 Å². The lowest BCUT2D eigenvalue weighted by atomic mass is 10.3. The number of rotatable bonds is 6. The molecular formula is C16H18N2S. The van der Waals surface area contributed by atoms with Gasteiger partial charge in [-0.3, -0.25) is 4.99 Å². The van der Waals surface area contributed by atoms with Crippen LogP contribution in [0.5, 0.6) is 0 Å². The van der Waals surface area contributed by atoms with Crippen molar-refractivity contribution in [3.8, 4) is 0 Å². The first kappa shape index (κ1) is 13.7. The number of benzene rings is 2. The summed E-state index contributed by atoms with van der Waals surface area (Å²) in [6.07, 6.45) is 2.96. The second-order valence-electron chi connectivity index (χ2n) is 4.03. The van der Waals surface area contributed by atoms with Crippen LogP contribution in [-0.4, -0.2) is 19.0 Å². The molecule has 0 bridgehead atoms. The Bertz CT molecular complexity index is 523. The Morgan fingerprint density at radius 2 is 1.79 bits per heavy atom. The quantitative estimate of drug-likeness (QED) is 0.471. The molecule has 2 rings (SSSR count). The Hall–Kier alpha value is -1.74. The van der Waals surface area contributed by atoms with Crippen molar-refractivity contribution < 1.29 is 0 Å². The Morgan fingerprint density at radius 3 is 2.58 bits per heavy atom. The first-order valence-electron chi connectivity index (χ1n) is 6.37. The predicted octanol–water partition coefficient (Wildman–Crippen LogP) is 4.61. The van der Waals surface area contributed by atoms with Crippen LogP contribution in [0.3, 0.4) is 0 Å². The molecule has 1 N–H and O–H groups in total. The lowest BCUT2D eigenvalue weighted by Crippen LogP contribution is -1.88. The van der Waals surface area contributed by atoms with Gasteiger partial charge >= 0.3 is 0 Å². The predicted molar refractivity (Wildman–Crippen MR) is 85.9 cm³/mol. The number of thioether (sulfide) groups is 1. The number of para-hydroxylation sites is 2. The molecule has 0 saturated carbocycles. The Balaban J connectivity index is 1.81. The highest BCUT2D eigenvalue weighted by atomic mass is 32.2. The van der Waals surface area contributed by atoms with Gasteiger partial charge in [0.1, 0.15) is 0 Å². The highest BCUT2D eigenvalue weighted by molar-refractivity contribution is 7.99. The van der Waals surface area contributed by atoms with E-state index >= 15 is 0 Å². The molecule has 0 saturated heterocycles. The zero-order chi connectivity index (χ0) is 13.3. The highest BCUT2D eigenvalue weighted by Gasteiger charge is 1.95. The van der Waals surface area contributed by atoms with Crippen molar-refractivity contribution in [1.29, 1.82) is 0 Å². The van der Waals surface area contributed by atoms with E-state index in [0.29, 0.717) is 0 Å². The molecule has 3 heteroatoms. The minimum absolute atomic E-state index is 0.970. The molecule has 0 spiro atoms. The molecule has 98 valence electrons. The van der Waals surface area contributed by atoms with Crippen molar-refractivity contribution >= 4 is 29.4 Å². The van der Waals surface area contributed by atoms with Crippen molar-refractivity contribution in [3.05, 3.63) is 54.6 Å². The van der Waals surface area contributed by atoms with Crippen LogP contribution in [-0.2, 0) is 0 Å². The topological polar surface area (TPSA) is 24.4 Å². The lowest BCUT2D eigenvalue weighted by Gasteiger charge is -2.03. The van der Waals surface area contributed by atoms with E-state index in [2.05, 4.69) is 34.6 Å². The maximum atomic E-state index is 4.51. The largest absolute Gasteiger partial charge is 0.386 e. The van der Waals surface area contributed by atoms with Crippen LogP contribution in [0.2, 0.25) is 0 Å². The normalized spacial score (nSPS) is 10.8. The van der Waals surface area contributed by atoms with Crippen LogP contribution in [0.4, 0.5) is 11.4 Å². The minimum atomic E-state index is 0.970. The van der Waals surface area contributed by atoms with E-state index in [0.717, 1.165) is 23.5 Å². The Labute approximate surface area is 119 Å². The third kappa shape index (κ3) is 4.45. The van der Waals surface area contributed by atoms with Crippen LogP contribution in [0.15, 0.2) is 64.5 Å². The zero-order valence-corrected chi connectivity index (χ0v) is 11.9. The standard InChI is InChI=1S/C16H18N2S/c1-17-15-10-5-6-11-16(15)18-12-7-13-19-14-8-3-2-4-9-14/h2-6,8-12,17H,7,13H2,1H3. The van der Waals surface area contributed by atoms with E-state index in [4.69, 9.17) is 0 Å². The summed E-state index contributed by atoms with van der Waals surface area (Å²) in [6.45, 7) is 0. The fraction of sp³-hybridized carbons (Fsp3) is 0.188. The third-order valence-electron chi connectivity index (χ3n) is 2.66. The average molecular weight is 270 g/mol. The van der Waals surface area contributed by atoms with Crippen molar-refractivity contribution in [2.24, 2.45) is 4.99 Å². The first-order valence-corrected chi connectivity index (χ1v) is 7.36. The van der Waals surface area contributed by atoms with Crippen molar-refractivity contribution in [2.45, 2.75) is 11.3 Å². The summed E-state index contributed by atoms with van der Waals surface area (Å²) < 4.78 is 0. The SMILES string of the molecule is CNc1ccccc1N=CCCSc1ccccc1. The Morgan fingerprint density at radius 1 is 1.05 bits per heavy atom. The van der Waals surface area contributed by atoms with Crippen LogP contribution in [0.1, 0.15) is 6.42 Å². The van der Waals surface area contributed by atoms with Gasteiger partial charge in [-0.25, -0.2) is 0 Å². The van der Waals surface area contributed by atoms with Gasteiger partial charge in [0.2, 0.25) is 0 Å². The molecule has 0 radical (unpaired) electrons. The van der Waals surface area contributed by atoms with E-state index in [1.807, 2.05) is 55.4 Å². The molecule has 0 aliphatic carbocycles. The molecule has 0 aromatic heterocycles. The van der Waals surface area contributed by atoms with Gasteiger partial charge in [-0.1, -0.05) is 30.3 Å². The lowest BCUT2D eigenvalue weighted by molar-refractivity contribution is 1.32. The molecule has 0 fully saturated rings. The number of nitrogens with zero attached hydrogens (tertiary/aromatic N) is 1. The fourth-order valence-electron chi connectivity index (χ4n) is 1.71.